The minimum Gasteiger partial charge on any atom is -0.490 e. The van der Waals surface area contributed by atoms with Crippen molar-refractivity contribution >= 4 is 23.2 Å². The van der Waals surface area contributed by atoms with Gasteiger partial charge in [0.1, 0.15) is 11.3 Å². The van der Waals surface area contributed by atoms with Crippen LogP contribution in [0.4, 0.5) is 5.69 Å². The maximum absolute atomic E-state index is 12.5. The lowest BCUT2D eigenvalue weighted by Crippen LogP contribution is -2.23. The molecule has 0 atom stereocenters. The fourth-order valence-electron chi connectivity index (χ4n) is 2.70. The Morgan fingerprint density at radius 3 is 2.59 bits per heavy atom. The quantitative estimate of drug-likeness (QED) is 0.715. The average Bonchev–Trinajstić information content (AvgIpc) is 3.10. The molecule has 0 unspecified atom stereocenters. The number of carbonyl (C=O) groups excluding carboxylic acids is 1. The summed E-state index contributed by atoms with van der Waals surface area (Å²) in [7, 11) is 0. The summed E-state index contributed by atoms with van der Waals surface area (Å²) in [5.41, 5.74) is 0.232. The molecule has 2 aromatic heterocycles. The number of nitrogens with one attached hydrogen (secondary N) is 2. The van der Waals surface area contributed by atoms with Gasteiger partial charge in [-0.2, -0.15) is 0 Å². The molecule has 0 bridgehead atoms. The van der Waals surface area contributed by atoms with Crippen molar-refractivity contribution < 1.29 is 18.7 Å². The van der Waals surface area contributed by atoms with Gasteiger partial charge in [-0.15, -0.1) is 0 Å². The number of amides is 1. The number of rotatable bonds is 3. The zero-order chi connectivity index (χ0) is 18.8. The second-order valence-electron chi connectivity index (χ2n) is 5.88. The first-order chi connectivity index (χ1) is 13.1. The van der Waals surface area contributed by atoms with Crippen LogP contribution in [0.15, 0.2) is 51.9 Å². The van der Waals surface area contributed by atoms with E-state index in [0.29, 0.717) is 41.9 Å². The number of hydrogen-bond donors (Lipinski definition) is 2. The third-order valence-electron chi connectivity index (χ3n) is 4.03. The summed E-state index contributed by atoms with van der Waals surface area (Å²) in [4.78, 5) is 27.5. The molecule has 0 saturated heterocycles. The van der Waals surface area contributed by atoms with Crippen molar-refractivity contribution in [1.29, 1.82) is 0 Å². The molecule has 0 aliphatic carbocycles. The average molecular weight is 387 g/mol. The van der Waals surface area contributed by atoms with Crippen molar-refractivity contribution in [1.82, 2.24) is 4.98 Å². The van der Waals surface area contributed by atoms with E-state index in [4.69, 9.17) is 25.5 Å². The number of aromatic nitrogens is 1. The summed E-state index contributed by atoms with van der Waals surface area (Å²) < 4.78 is 16.4. The monoisotopic (exact) mass is 386 g/mol. The molecule has 4 rings (SSSR count). The number of ether oxygens (including phenoxy) is 2. The molecule has 3 heterocycles. The van der Waals surface area contributed by atoms with Crippen molar-refractivity contribution in [3.05, 3.63) is 63.6 Å². The van der Waals surface area contributed by atoms with E-state index in [-0.39, 0.29) is 10.6 Å². The fraction of sp³-hybridized carbons (Fsp3) is 0.158. The first kappa shape index (κ1) is 17.2. The van der Waals surface area contributed by atoms with Gasteiger partial charge in [-0.1, -0.05) is 11.6 Å². The minimum atomic E-state index is -0.585. The van der Waals surface area contributed by atoms with Gasteiger partial charge < -0.3 is 24.2 Å². The molecular formula is C19H15ClN2O5. The predicted octanol–water partition coefficient (Wildman–Crippen LogP) is 3.70. The van der Waals surface area contributed by atoms with Crippen molar-refractivity contribution in [2.75, 3.05) is 18.5 Å². The van der Waals surface area contributed by atoms with Gasteiger partial charge in [-0.05, 0) is 24.3 Å². The molecule has 3 aromatic rings. The maximum Gasteiger partial charge on any atom is 0.261 e. The second kappa shape index (κ2) is 7.20. The molecule has 0 spiro atoms. The number of aromatic amines is 1. The number of halogens is 1. The molecule has 1 aromatic carbocycles. The van der Waals surface area contributed by atoms with Crippen LogP contribution in [0.1, 0.15) is 16.8 Å². The molecule has 8 heteroatoms. The van der Waals surface area contributed by atoms with Gasteiger partial charge in [0.15, 0.2) is 11.5 Å². The van der Waals surface area contributed by atoms with Crippen molar-refractivity contribution in [2.45, 2.75) is 6.42 Å². The molecule has 0 radical (unpaired) electrons. The van der Waals surface area contributed by atoms with E-state index >= 15 is 0 Å². The van der Waals surface area contributed by atoms with Crippen LogP contribution in [0, 0.1) is 0 Å². The summed E-state index contributed by atoms with van der Waals surface area (Å²) in [5, 5.41) is 2.93. The lowest BCUT2D eigenvalue weighted by atomic mass is 10.2. The molecular weight excluding hydrogens is 372 g/mol. The Morgan fingerprint density at radius 2 is 1.89 bits per heavy atom. The molecule has 1 aliphatic heterocycles. The van der Waals surface area contributed by atoms with Crippen LogP contribution in [-0.4, -0.2) is 24.1 Å². The van der Waals surface area contributed by atoms with Crippen molar-refractivity contribution in [2.24, 2.45) is 0 Å². The highest BCUT2D eigenvalue weighted by Crippen LogP contribution is 2.37. The minimum absolute atomic E-state index is 0.0477. The smallest absolute Gasteiger partial charge is 0.261 e. The largest absolute Gasteiger partial charge is 0.490 e. The summed E-state index contributed by atoms with van der Waals surface area (Å²) in [6, 6.07) is 9.63. The molecule has 138 valence electrons. The van der Waals surface area contributed by atoms with E-state index in [1.165, 1.54) is 12.3 Å². The number of benzene rings is 1. The van der Waals surface area contributed by atoms with Gasteiger partial charge in [0.25, 0.3) is 11.5 Å². The third kappa shape index (κ3) is 3.54. The number of carbonyl (C=O) groups is 1. The van der Waals surface area contributed by atoms with Gasteiger partial charge in [0.2, 0.25) is 0 Å². The molecule has 1 aliphatic rings. The zero-order valence-corrected chi connectivity index (χ0v) is 14.8. The summed E-state index contributed by atoms with van der Waals surface area (Å²) in [6.45, 7) is 1.04. The third-order valence-corrected chi connectivity index (χ3v) is 4.34. The molecule has 0 saturated carbocycles. The molecule has 1 amide bonds. The van der Waals surface area contributed by atoms with Crippen LogP contribution in [-0.2, 0) is 0 Å². The van der Waals surface area contributed by atoms with E-state index in [9.17, 15) is 9.59 Å². The van der Waals surface area contributed by atoms with E-state index in [2.05, 4.69) is 10.3 Å². The van der Waals surface area contributed by atoms with E-state index in [1.54, 1.807) is 30.3 Å². The number of anilines is 1. The van der Waals surface area contributed by atoms with Gasteiger partial charge in [0, 0.05) is 18.6 Å². The van der Waals surface area contributed by atoms with Crippen LogP contribution in [0.5, 0.6) is 11.5 Å². The van der Waals surface area contributed by atoms with E-state index in [1.807, 2.05) is 0 Å². The SMILES string of the molecule is O=C(Nc1cc2c(cc1Cl)OCCCO2)c1ccc(-c2ccco2)[nH]c1=O. The lowest BCUT2D eigenvalue weighted by Gasteiger charge is -2.12. The highest BCUT2D eigenvalue weighted by molar-refractivity contribution is 6.34. The fourth-order valence-corrected chi connectivity index (χ4v) is 2.90. The Balaban J connectivity index is 1.59. The number of H-pyrrole nitrogens is 1. The number of fused-ring (bicyclic) bond motifs is 1. The van der Waals surface area contributed by atoms with Crippen LogP contribution < -0.4 is 20.3 Å². The Morgan fingerprint density at radius 1 is 1.11 bits per heavy atom. The van der Waals surface area contributed by atoms with Gasteiger partial charge >= 0.3 is 0 Å². The van der Waals surface area contributed by atoms with Crippen LogP contribution >= 0.6 is 11.6 Å². The first-order valence-electron chi connectivity index (χ1n) is 8.29. The molecule has 0 fully saturated rings. The first-order valence-corrected chi connectivity index (χ1v) is 8.67. The lowest BCUT2D eigenvalue weighted by molar-refractivity contribution is 0.102. The highest BCUT2D eigenvalue weighted by atomic mass is 35.5. The molecule has 2 N–H and O–H groups in total. The second-order valence-corrected chi connectivity index (χ2v) is 6.28. The molecule has 7 nitrogen and oxygen atoms in total. The van der Waals surface area contributed by atoms with E-state index < -0.39 is 11.5 Å². The Labute approximate surface area is 158 Å². The zero-order valence-electron chi connectivity index (χ0n) is 14.1. The van der Waals surface area contributed by atoms with Gasteiger partial charge in [0.05, 0.1) is 35.9 Å². The van der Waals surface area contributed by atoms with Gasteiger partial charge in [-0.3, -0.25) is 9.59 Å². The summed E-state index contributed by atoms with van der Waals surface area (Å²) in [5.74, 6) is 0.939. The topological polar surface area (TPSA) is 93.6 Å². The highest BCUT2D eigenvalue weighted by Gasteiger charge is 2.18. The van der Waals surface area contributed by atoms with E-state index in [0.717, 1.165) is 6.42 Å². The van der Waals surface area contributed by atoms with Crippen molar-refractivity contribution in [3.63, 3.8) is 0 Å². The van der Waals surface area contributed by atoms with Crippen molar-refractivity contribution in [3.8, 4) is 23.0 Å². The number of furan rings is 1. The normalized spacial score (nSPS) is 13.1. The number of hydrogen-bond acceptors (Lipinski definition) is 5. The standard InChI is InChI=1S/C19H15ClN2O5/c20-12-9-16-17(27-8-2-7-26-16)10-14(12)22-19(24)11-4-5-13(21-18(11)23)15-3-1-6-25-15/h1,3-6,9-10H,2,7-8H2,(H,21,23)(H,22,24). The predicted molar refractivity (Wildman–Crippen MR) is 99.8 cm³/mol. The van der Waals surface area contributed by atoms with Crippen LogP contribution in [0.3, 0.4) is 0 Å². The Hall–Kier alpha value is -3.19. The molecule has 27 heavy (non-hydrogen) atoms. The maximum atomic E-state index is 12.5. The Kier molecular flexibility index (Phi) is 4.60. The van der Waals surface area contributed by atoms with Gasteiger partial charge in [-0.25, -0.2) is 0 Å². The summed E-state index contributed by atoms with van der Waals surface area (Å²) >= 11 is 6.23. The van der Waals surface area contributed by atoms with Crippen LogP contribution in [0.25, 0.3) is 11.5 Å². The van der Waals surface area contributed by atoms with Crippen LogP contribution in [0.2, 0.25) is 5.02 Å². The Bertz CT molecular complexity index is 1040. The number of pyridine rings is 1. The summed E-state index contributed by atoms with van der Waals surface area (Å²) in [6.07, 6.45) is 2.26.